The van der Waals surface area contributed by atoms with Crippen molar-refractivity contribution in [3.63, 3.8) is 0 Å². The van der Waals surface area contributed by atoms with Crippen LogP contribution in [0.2, 0.25) is 0 Å². The molecule has 0 spiro atoms. The molecule has 0 saturated carbocycles. The van der Waals surface area contributed by atoms with Crippen molar-refractivity contribution in [3.05, 3.63) is 11.6 Å². The number of nitrogens with two attached hydrogens (primary N) is 1. The van der Waals surface area contributed by atoms with E-state index in [1.54, 1.807) is 0 Å². The van der Waals surface area contributed by atoms with Gasteiger partial charge in [-0.05, 0) is 19.8 Å². The van der Waals surface area contributed by atoms with E-state index in [-0.39, 0.29) is 18.6 Å². The number of aliphatic hydroxyl groups is 2. The van der Waals surface area contributed by atoms with E-state index in [0.29, 0.717) is 6.42 Å². The molecule has 0 aliphatic rings. The Labute approximate surface area is 82.9 Å². The van der Waals surface area contributed by atoms with Crippen LogP contribution < -0.4 is 5.73 Å². The van der Waals surface area contributed by atoms with E-state index < -0.39 is 18.1 Å². The molecule has 0 aromatic heterocycles. The van der Waals surface area contributed by atoms with Gasteiger partial charge in [0.15, 0.2) is 0 Å². The highest BCUT2D eigenvalue weighted by Crippen LogP contribution is 2.04. The maximum atomic E-state index is 10.4. The molecule has 0 radical (unpaired) electrons. The largest absolute Gasteiger partial charge is 0.478 e. The summed E-state index contributed by atoms with van der Waals surface area (Å²) in [6.45, 7) is 1.37. The lowest BCUT2D eigenvalue weighted by Gasteiger charge is -2.15. The van der Waals surface area contributed by atoms with E-state index in [9.17, 15) is 9.90 Å². The minimum absolute atomic E-state index is 0.0835. The maximum Gasteiger partial charge on any atom is 0.330 e. The molecule has 0 fully saturated rings. The summed E-state index contributed by atoms with van der Waals surface area (Å²) >= 11 is 0. The fourth-order valence-corrected chi connectivity index (χ4v) is 0.901. The van der Waals surface area contributed by atoms with Crippen molar-refractivity contribution in [2.45, 2.75) is 31.9 Å². The summed E-state index contributed by atoms with van der Waals surface area (Å²) in [6, 6.07) is -0.516. The molecule has 0 rings (SSSR count). The highest BCUT2D eigenvalue weighted by Gasteiger charge is 2.13. The van der Waals surface area contributed by atoms with Crippen molar-refractivity contribution >= 4 is 5.97 Å². The molecule has 0 aromatic rings. The molecule has 82 valence electrons. The molecule has 14 heavy (non-hydrogen) atoms. The van der Waals surface area contributed by atoms with Gasteiger partial charge in [-0.3, -0.25) is 0 Å². The molecule has 5 nitrogen and oxygen atoms in total. The second-order valence-corrected chi connectivity index (χ2v) is 3.17. The van der Waals surface area contributed by atoms with Gasteiger partial charge in [0, 0.05) is 18.2 Å². The summed E-state index contributed by atoms with van der Waals surface area (Å²) in [5.74, 6) is -1.01. The second-order valence-electron chi connectivity index (χ2n) is 3.17. The van der Waals surface area contributed by atoms with E-state index in [2.05, 4.69) is 0 Å². The van der Waals surface area contributed by atoms with Gasteiger partial charge >= 0.3 is 5.97 Å². The maximum absolute atomic E-state index is 10.4. The van der Waals surface area contributed by atoms with Gasteiger partial charge < -0.3 is 21.1 Å². The predicted molar refractivity (Wildman–Crippen MR) is 51.7 cm³/mol. The lowest BCUT2D eigenvalue weighted by atomic mass is 10.0. The van der Waals surface area contributed by atoms with E-state index in [4.69, 9.17) is 15.9 Å². The first-order chi connectivity index (χ1) is 6.49. The highest BCUT2D eigenvalue weighted by atomic mass is 16.4. The fourth-order valence-electron chi connectivity index (χ4n) is 0.901. The summed E-state index contributed by atoms with van der Waals surface area (Å²) in [6.07, 6.45) is 1.11. The van der Waals surface area contributed by atoms with Crippen LogP contribution in [0, 0.1) is 0 Å². The van der Waals surface area contributed by atoms with E-state index in [1.807, 2.05) is 0 Å². The highest BCUT2D eigenvalue weighted by molar-refractivity contribution is 5.85. The third kappa shape index (κ3) is 4.96. The van der Waals surface area contributed by atoms with Crippen molar-refractivity contribution in [2.75, 3.05) is 6.61 Å². The van der Waals surface area contributed by atoms with Crippen LogP contribution in [0.15, 0.2) is 11.6 Å². The Bertz CT molecular complexity index is 215. The van der Waals surface area contributed by atoms with E-state index in [1.165, 1.54) is 13.0 Å². The van der Waals surface area contributed by atoms with Gasteiger partial charge in [0.2, 0.25) is 0 Å². The van der Waals surface area contributed by atoms with Gasteiger partial charge in [0.25, 0.3) is 0 Å². The zero-order valence-corrected chi connectivity index (χ0v) is 8.18. The molecular weight excluding hydrogens is 186 g/mol. The fraction of sp³-hybridized carbons (Fsp3) is 0.667. The van der Waals surface area contributed by atoms with Gasteiger partial charge in [-0.1, -0.05) is 6.08 Å². The monoisotopic (exact) mass is 203 g/mol. The summed E-state index contributed by atoms with van der Waals surface area (Å²) in [4.78, 5) is 10.4. The lowest BCUT2D eigenvalue weighted by molar-refractivity contribution is -0.132. The topological polar surface area (TPSA) is 104 Å². The van der Waals surface area contributed by atoms with E-state index >= 15 is 0 Å². The number of rotatable bonds is 6. The molecule has 0 bridgehead atoms. The smallest absolute Gasteiger partial charge is 0.330 e. The van der Waals surface area contributed by atoms with Crippen LogP contribution in [0.4, 0.5) is 0 Å². The summed E-state index contributed by atoms with van der Waals surface area (Å²) in [7, 11) is 0. The third-order valence-electron chi connectivity index (χ3n) is 1.96. The Balaban J connectivity index is 4.00. The normalized spacial score (nSPS) is 16.4. The van der Waals surface area contributed by atoms with Crippen LogP contribution >= 0.6 is 0 Å². The van der Waals surface area contributed by atoms with Crippen molar-refractivity contribution in [1.82, 2.24) is 0 Å². The molecule has 5 N–H and O–H groups in total. The van der Waals surface area contributed by atoms with Gasteiger partial charge in [-0.15, -0.1) is 0 Å². The van der Waals surface area contributed by atoms with Crippen LogP contribution in [0.3, 0.4) is 0 Å². The van der Waals surface area contributed by atoms with Gasteiger partial charge in [0.05, 0.1) is 6.10 Å². The molecule has 0 heterocycles. The second kappa shape index (κ2) is 6.53. The number of carboxylic acid groups (broad SMARTS) is 1. The Hall–Kier alpha value is -0.910. The number of hydrogen-bond acceptors (Lipinski definition) is 4. The van der Waals surface area contributed by atoms with Gasteiger partial charge in [-0.25, -0.2) is 4.79 Å². The zero-order chi connectivity index (χ0) is 11.1. The number of carboxylic acids is 1. The Morgan fingerprint density at radius 1 is 1.57 bits per heavy atom. The first-order valence-corrected chi connectivity index (χ1v) is 4.43. The Kier molecular flexibility index (Phi) is 6.11. The van der Waals surface area contributed by atoms with E-state index in [0.717, 1.165) is 0 Å². The quantitative estimate of drug-likeness (QED) is 0.435. The molecule has 0 saturated heterocycles. The molecule has 2 unspecified atom stereocenters. The molecule has 2 atom stereocenters. The molecular formula is C9H17NO4. The van der Waals surface area contributed by atoms with Crippen LogP contribution in [0.25, 0.3) is 0 Å². The van der Waals surface area contributed by atoms with Gasteiger partial charge in [-0.2, -0.15) is 0 Å². The van der Waals surface area contributed by atoms with Crippen LogP contribution in [0.5, 0.6) is 0 Å². The van der Waals surface area contributed by atoms with Gasteiger partial charge in [0.1, 0.15) is 0 Å². The molecule has 0 aliphatic carbocycles. The number of aliphatic carboxylic acids is 1. The minimum atomic E-state index is -1.01. The average molecular weight is 203 g/mol. The standard InChI is InChI=1S/C9H17NO4/c1-6(9(13)14)2-3-8(12)7(10)4-5-11/h2,7-8,11-12H,3-5,10H2,1H3,(H,13,14). The molecule has 5 heteroatoms. The first-order valence-electron chi connectivity index (χ1n) is 4.43. The molecule has 0 amide bonds. The number of aliphatic hydroxyl groups excluding tert-OH is 2. The summed E-state index contributed by atoms with van der Waals surface area (Å²) in [5, 5.41) is 26.5. The van der Waals surface area contributed by atoms with Crippen LogP contribution in [0.1, 0.15) is 19.8 Å². The average Bonchev–Trinajstić information content (AvgIpc) is 2.13. The minimum Gasteiger partial charge on any atom is -0.478 e. The summed E-state index contributed by atoms with van der Waals surface area (Å²) in [5.41, 5.74) is 5.68. The van der Waals surface area contributed by atoms with Crippen molar-refractivity contribution < 1.29 is 20.1 Å². The van der Waals surface area contributed by atoms with Crippen LogP contribution in [-0.2, 0) is 4.79 Å². The van der Waals surface area contributed by atoms with Crippen molar-refractivity contribution in [1.29, 1.82) is 0 Å². The van der Waals surface area contributed by atoms with Crippen molar-refractivity contribution in [3.8, 4) is 0 Å². The Morgan fingerprint density at radius 3 is 2.57 bits per heavy atom. The lowest BCUT2D eigenvalue weighted by Crippen LogP contribution is -2.35. The van der Waals surface area contributed by atoms with Crippen LogP contribution in [-0.4, -0.2) is 40.0 Å². The predicted octanol–water partition coefficient (Wildman–Crippen LogP) is -0.522. The first kappa shape index (κ1) is 13.1. The molecule has 0 aliphatic heterocycles. The number of carbonyl (C=O) groups is 1. The SMILES string of the molecule is CC(=CCC(O)C(N)CCO)C(=O)O. The zero-order valence-electron chi connectivity index (χ0n) is 8.18. The molecule has 0 aromatic carbocycles. The number of hydrogen-bond donors (Lipinski definition) is 4. The Morgan fingerprint density at radius 2 is 2.14 bits per heavy atom. The van der Waals surface area contributed by atoms with Crippen molar-refractivity contribution in [2.24, 2.45) is 5.73 Å². The summed E-state index contributed by atoms with van der Waals surface area (Å²) < 4.78 is 0. The third-order valence-corrected chi connectivity index (χ3v) is 1.96.